The van der Waals surface area contributed by atoms with Gasteiger partial charge in [0, 0.05) is 25.9 Å². The van der Waals surface area contributed by atoms with Crippen molar-refractivity contribution >= 4 is 63.2 Å². The highest BCUT2D eigenvalue weighted by molar-refractivity contribution is 7.92. The van der Waals surface area contributed by atoms with Gasteiger partial charge in [-0.15, -0.1) is 11.3 Å². The Labute approximate surface area is 198 Å². The lowest BCUT2D eigenvalue weighted by atomic mass is 10.1. The van der Waals surface area contributed by atoms with Crippen molar-refractivity contribution in [3.05, 3.63) is 36.4 Å². The number of esters is 1. The third-order valence-electron chi connectivity index (χ3n) is 4.67. The Balaban J connectivity index is 1.98. The molecule has 0 saturated heterocycles. The predicted octanol–water partition coefficient (Wildman–Crippen LogP) is 4.07. The van der Waals surface area contributed by atoms with Crippen LogP contribution in [0.3, 0.4) is 0 Å². The predicted molar refractivity (Wildman–Crippen MR) is 133 cm³/mol. The first kappa shape index (κ1) is 25.4. The Hall–Kier alpha value is -2.21. The number of sulfonamides is 2. The number of ether oxygens (including phenoxy) is 1. The molecule has 0 aliphatic rings. The van der Waals surface area contributed by atoms with E-state index in [9.17, 15) is 21.6 Å². The molecule has 1 aromatic heterocycles. The van der Waals surface area contributed by atoms with E-state index in [0.29, 0.717) is 5.69 Å². The number of thiophene rings is 1. The van der Waals surface area contributed by atoms with E-state index in [0.717, 1.165) is 26.4 Å². The van der Waals surface area contributed by atoms with Crippen molar-refractivity contribution in [2.45, 2.75) is 51.2 Å². The highest BCUT2D eigenvalue weighted by Crippen LogP contribution is 2.36. The van der Waals surface area contributed by atoms with Crippen LogP contribution in [0.5, 0.6) is 0 Å². The molecule has 0 aliphatic carbocycles. The van der Waals surface area contributed by atoms with Crippen molar-refractivity contribution in [3.8, 4) is 0 Å². The first-order valence-electron chi connectivity index (χ1n) is 10.2. The second-order valence-electron chi connectivity index (χ2n) is 9.22. The van der Waals surface area contributed by atoms with Crippen LogP contribution < -0.4 is 9.44 Å². The van der Waals surface area contributed by atoms with Gasteiger partial charge >= 0.3 is 5.97 Å². The van der Waals surface area contributed by atoms with E-state index < -0.39 is 37.7 Å². The van der Waals surface area contributed by atoms with Crippen LogP contribution >= 0.6 is 11.3 Å². The summed E-state index contributed by atoms with van der Waals surface area (Å²) in [5.41, 5.74) is -0.308. The molecular weight excluding hydrogens is 484 g/mol. The highest BCUT2D eigenvalue weighted by atomic mass is 32.2. The zero-order valence-electron chi connectivity index (χ0n) is 19.3. The molecule has 2 N–H and O–H groups in total. The number of benzene rings is 2. The second kappa shape index (κ2) is 8.86. The molecule has 11 heteroatoms. The van der Waals surface area contributed by atoms with Gasteiger partial charge in [-0.2, -0.15) is 4.72 Å². The van der Waals surface area contributed by atoms with Gasteiger partial charge in [0.05, 0.1) is 11.2 Å². The molecular formula is C22H28N2O6S3. The summed E-state index contributed by atoms with van der Waals surface area (Å²) in [5.74, 6) is -0.949. The summed E-state index contributed by atoms with van der Waals surface area (Å²) < 4.78 is 61.3. The molecule has 0 aliphatic heterocycles. The minimum atomic E-state index is -4.01. The van der Waals surface area contributed by atoms with Crippen LogP contribution in [-0.2, 0) is 29.6 Å². The Kier molecular flexibility index (Phi) is 6.82. The van der Waals surface area contributed by atoms with Crippen molar-refractivity contribution in [1.29, 1.82) is 0 Å². The van der Waals surface area contributed by atoms with Crippen LogP contribution in [0.25, 0.3) is 20.2 Å². The largest absolute Gasteiger partial charge is 0.459 e. The van der Waals surface area contributed by atoms with E-state index >= 15 is 0 Å². The zero-order valence-corrected chi connectivity index (χ0v) is 21.7. The van der Waals surface area contributed by atoms with Gasteiger partial charge in [0.2, 0.25) is 20.0 Å². The normalized spacial score (nSPS) is 14.0. The lowest BCUT2D eigenvalue weighted by Gasteiger charge is -2.26. The van der Waals surface area contributed by atoms with Gasteiger partial charge in [-0.25, -0.2) is 16.8 Å². The number of rotatable bonds is 7. The van der Waals surface area contributed by atoms with Crippen molar-refractivity contribution in [2.75, 3.05) is 11.0 Å². The summed E-state index contributed by atoms with van der Waals surface area (Å²) in [6, 6.07) is 8.82. The highest BCUT2D eigenvalue weighted by Gasteiger charge is 2.32. The van der Waals surface area contributed by atoms with Crippen LogP contribution in [0.15, 0.2) is 41.3 Å². The fourth-order valence-corrected chi connectivity index (χ4v) is 6.30. The van der Waals surface area contributed by atoms with Crippen molar-refractivity contribution in [2.24, 2.45) is 5.92 Å². The first-order chi connectivity index (χ1) is 15.1. The summed E-state index contributed by atoms with van der Waals surface area (Å²) in [4.78, 5) is 12.6. The summed E-state index contributed by atoms with van der Waals surface area (Å²) >= 11 is 1.43. The molecule has 0 saturated carbocycles. The Morgan fingerprint density at radius 2 is 1.64 bits per heavy atom. The van der Waals surface area contributed by atoms with E-state index in [1.54, 1.807) is 65.0 Å². The van der Waals surface area contributed by atoms with Gasteiger partial charge in [0.1, 0.15) is 11.6 Å². The maximum Gasteiger partial charge on any atom is 0.324 e. The second-order valence-corrected chi connectivity index (χ2v) is 13.8. The lowest BCUT2D eigenvalue weighted by Crippen LogP contribution is -2.47. The molecule has 0 radical (unpaired) electrons. The molecule has 0 fully saturated rings. The van der Waals surface area contributed by atoms with E-state index in [2.05, 4.69) is 9.44 Å². The Morgan fingerprint density at radius 3 is 2.21 bits per heavy atom. The number of carbonyl (C=O) groups excluding carboxylic acids is 1. The van der Waals surface area contributed by atoms with Gasteiger partial charge in [-0.1, -0.05) is 19.9 Å². The van der Waals surface area contributed by atoms with Crippen LogP contribution in [0.1, 0.15) is 34.6 Å². The van der Waals surface area contributed by atoms with E-state index in [1.807, 2.05) is 0 Å². The molecule has 3 aromatic rings. The van der Waals surface area contributed by atoms with E-state index in [-0.39, 0.29) is 10.8 Å². The van der Waals surface area contributed by atoms with Crippen LogP contribution in [0.2, 0.25) is 0 Å². The van der Waals surface area contributed by atoms with Gasteiger partial charge in [-0.05, 0) is 57.0 Å². The van der Waals surface area contributed by atoms with Crippen molar-refractivity contribution in [3.63, 3.8) is 0 Å². The fraction of sp³-hybridized carbons (Fsp3) is 0.409. The molecule has 0 amide bonds. The minimum absolute atomic E-state index is 0.0299. The average Bonchev–Trinajstić information content (AvgIpc) is 3.00. The number of hydrogen-bond donors (Lipinski definition) is 2. The maximum absolute atomic E-state index is 13.1. The third-order valence-corrected chi connectivity index (χ3v) is 7.84. The summed E-state index contributed by atoms with van der Waals surface area (Å²) in [6.45, 7) is 8.67. The smallest absolute Gasteiger partial charge is 0.324 e. The summed E-state index contributed by atoms with van der Waals surface area (Å²) in [7, 11) is -7.42. The number of nitrogens with one attached hydrogen (secondary N) is 2. The number of carbonyl (C=O) groups is 1. The SMILES string of the molecule is CC(C)[C@@H](NS(=O)(=O)c1ccc2sc3cc(NS(C)(=O)=O)ccc3c2c1)C(=O)OC(C)(C)C. The van der Waals surface area contributed by atoms with Crippen molar-refractivity contribution in [1.82, 2.24) is 4.72 Å². The molecule has 1 heterocycles. The van der Waals surface area contributed by atoms with Crippen molar-refractivity contribution < 1.29 is 26.4 Å². The monoisotopic (exact) mass is 512 g/mol. The molecule has 8 nitrogen and oxygen atoms in total. The molecule has 0 unspecified atom stereocenters. The molecule has 0 bridgehead atoms. The van der Waals surface area contributed by atoms with Crippen LogP contribution in [0.4, 0.5) is 5.69 Å². The van der Waals surface area contributed by atoms with Gasteiger partial charge < -0.3 is 4.74 Å². The average molecular weight is 513 g/mol. The molecule has 2 aromatic carbocycles. The standard InChI is InChI=1S/C22H28N2O6S3/c1-13(2)20(21(25)30-22(3,4)5)24-33(28,29)15-8-10-18-17(12-15)16-9-7-14(11-19(16)31-18)23-32(6,26)27/h7-13,20,23-24H,1-6H3/t20-/m1/s1. The third kappa shape index (κ3) is 6.23. The topological polar surface area (TPSA) is 119 Å². The zero-order chi connectivity index (χ0) is 24.8. The molecule has 3 rings (SSSR count). The number of hydrogen-bond acceptors (Lipinski definition) is 7. The number of anilines is 1. The first-order valence-corrected chi connectivity index (χ1v) is 14.4. The van der Waals surface area contributed by atoms with E-state index in [1.165, 1.54) is 17.4 Å². The minimum Gasteiger partial charge on any atom is -0.459 e. The molecule has 0 spiro atoms. The van der Waals surface area contributed by atoms with E-state index in [4.69, 9.17) is 4.74 Å². The fourth-order valence-electron chi connectivity index (χ4n) is 3.26. The molecule has 33 heavy (non-hydrogen) atoms. The molecule has 1 atom stereocenters. The molecule has 180 valence electrons. The Morgan fingerprint density at radius 1 is 0.970 bits per heavy atom. The lowest BCUT2D eigenvalue weighted by molar-refractivity contribution is -0.158. The maximum atomic E-state index is 13.1. The van der Waals surface area contributed by atoms with Crippen LogP contribution in [0, 0.1) is 5.92 Å². The quantitative estimate of drug-likeness (QED) is 0.461. The summed E-state index contributed by atoms with van der Waals surface area (Å²) in [5, 5.41) is 1.53. The van der Waals surface area contributed by atoms with Gasteiger partial charge in [-0.3, -0.25) is 9.52 Å². The van der Waals surface area contributed by atoms with Crippen LogP contribution in [-0.4, -0.2) is 40.7 Å². The van der Waals surface area contributed by atoms with Gasteiger partial charge in [0.25, 0.3) is 0 Å². The summed E-state index contributed by atoms with van der Waals surface area (Å²) in [6.07, 6.45) is 1.08. The number of fused-ring (bicyclic) bond motifs is 3. The van der Waals surface area contributed by atoms with Gasteiger partial charge in [0.15, 0.2) is 0 Å². The Bertz CT molecular complexity index is 1420.